The van der Waals surface area contributed by atoms with Crippen molar-refractivity contribution in [3.05, 3.63) is 97.2 Å². The van der Waals surface area contributed by atoms with Gasteiger partial charge in [0.25, 0.3) is 7.82 Å². The number of nitrogens with one attached hydrogen (secondary N) is 1. The van der Waals surface area contributed by atoms with E-state index < -0.39 is 32.5 Å². The van der Waals surface area contributed by atoms with Crippen molar-refractivity contribution < 1.29 is 37.3 Å². The van der Waals surface area contributed by atoms with E-state index >= 15 is 0 Å². The van der Waals surface area contributed by atoms with Crippen molar-refractivity contribution in [2.45, 2.75) is 309 Å². The smallest absolute Gasteiger partial charge is 0.306 e. The Balaban J connectivity index is 5.12. The number of nitrogens with zero attached hydrogens (tertiary/aromatic N) is 1. The Hall–Kier alpha value is -3.07. The summed E-state index contributed by atoms with van der Waals surface area (Å²) in [6.45, 7) is 6.76. The second-order valence-corrected chi connectivity index (χ2v) is 25.4. The van der Waals surface area contributed by atoms with Crippen LogP contribution >= 0.6 is 7.82 Å². The summed E-state index contributed by atoms with van der Waals surface area (Å²) in [5, 5.41) is 3.02. The minimum atomic E-state index is -4.72. The molecule has 0 aromatic heterocycles. The van der Waals surface area contributed by atoms with Crippen LogP contribution in [0.5, 0.6) is 0 Å². The zero-order chi connectivity index (χ0) is 60.0. The van der Waals surface area contributed by atoms with Gasteiger partial charge in [0.15, 0.2) is 0 Å². The molecule has 0 radical (unpaired) electrons. The lowest BCUT2D eigenvalue weighted by atomic mass is 10.0. The van der Waals surface area contributed by atoms with E-state index in [1.54, 1.807) is 0 Å². The Bertz CT molecular complexity index is 1720. The first-order chi connectivity index (χ1) is 39.9. The predicted molar refractivity (Wildman–Crippen MR) is 353 cm³/mol. The molecule has 0 aromatic carbocycles. The molecule has 0 aliphatic rings. The van der Waals surface area contributed by atoms with Gasteiger partial charge < -0.3 is 28.5 Å². The number of rotatable bonds is 61. The molecular weight excluding hydrogens is 1040 g/mol. The molecule has 10 heteroatoms. The number of unbranched alkanes of at least 4 members (excludes halogenated alkanes) is 31. The van der Waals surface area contributed by atoms with Crippen molar-refractivity contribution in [1.29, 1.82) is 0 Å². The average molecular weight is 1170 g/mol. The van der Waals surface area contributed by atoms with Crippen LogP contribution < -0.4 is 10.2 Å². The molecule has 0 aliphatic heterocycles. The zero-order valence-corrected chi connectivity index (χ0v) is 55.1. The standard InChI is InChI=1S/C72H129N2O7P/c1-7-10-13-16-19-22-25-28-30-32-33-34-35-36-37-38-39-40-41-43-44-46-49-52-55-58-61-64-71(75)73-69(68-80-82(77,78)79-67-66-74(4,5)6)70(63-60-57-54-51-48-27-24-21-18-15-12-9-3)81-72(76)65-62-59-56-53-50-47-45-42-31-29-26-23-20-17-14-11-8-2/h19-20,22-23,28-31,33-34,45,47,53,56,60,63,69-70H,7-18,21,24-27,32,35-44,46,48-52,54-55,57-59,61-62,64-68H2,1-6H3,(H-,73,75,77,78)/b22-19-,23-20-,30-28-,31-29-,34-33-,47-45-,56-53-,63-60-. The van der Waals surface area contributed by atoms with Crippen molar-refractivity contribution >= 4 is 19.7 Å². The lowest BCUT2D eigenvalue weighted by molar-refractivity contribution is -0.870. The second kappa shape index (κ2) is 61.0. The summed E-state index contributed by atoms with van der Waals surface area (Å²) < 4.78 is 30.3. The quantitative estimate of drug-likeness (QED) is 0.0212. The number of phosphoric acid groups is 1. The number of carbonyl (C=O) groups is 2. The first-order valence-corrected chi connectivity index (χ1v) is 35.5. The Morgan fingerprint density at radius 3 is 1.16 bits per heavy atom. The van der Waals surface area contributed by atoms with Gasteiger partial charge in [0, 0.05) is 12.8 Å². The molecule has 474 valence electrons. The van der Waals surface area contributed by atoms with Crippen molar-refractivity contribution in [2.24, 2.45) is 0 Å². The number of hydrogen-bond donors (Lipinski definition) is 1. The molecule has 0 saturated carbocycles. The Labute approximate surface area is 507 Å². The van der Waals surface area contributed by atoms with E-state index in [1.807, 2.05) is 33.3 Å². The van der Waals surface area contributed by atoms with E-state index in [1.165, 1.54) is 173 Å². The van der Waals surface area contributed by atoms with Gasteiger partial charge in [0.2, 0.25) is 5.91 Å². The van der Waals surface area contributed by atoms with E-state index in [4.69, 9.17) is 13.8 Å². The molecule has 0 bridgehead atoms. The van der Waals surface area contributed by atoms with Crippen LogP contribution in [0.3, 0.4) is 0 Å². The largest absolute Gasteiger partial charge is 0.756 e. The van der Waals surface area contributed by atoms with Crippen molar-refractivity contribution in [3.8, 4) is 0 Å². The molecule has 0 saturated heterocycles. The average Bonchev–Trinajstić information content (AvgIpc) is 3.44. The van der Waals surface area contributed by atoms with Crippen LogP contribution in [-0.4, -0.2) is 69.4 Å². The first kappa shape index (κ1) is 78.9. The molecule has 3 unspecified atom stereocenters. The molecule has 1 amide bonds. The van der Waals surface area contributed by atoms with Crippen molar-refractivity contribution in [2.75, 3.05) is 40.9 Å². The molecule has 0 fully saturated rings. The minimum Gasteiger partial charge on any atom is -0.756 e. The maximum Gasteiger partial charge on any atom is 0.306 e. The number of likely N-dealkylation sites (N-methyl/N-ethyl adjacent to an activating group) is 1. The summed E-state index contributed by atoms with van der Waals surface area (Å²) in [5.74, 6) is -0.605. The minimum absolute atomic E-state index is 0.0340. The number of amides is 1. The Kier molecular flexibility index (Phi) is 58.7. The highest BCUT2D eigenvalue weighted by Gasteiger charge is 2.27. The third kappa shape index (κ3) is 61.5. The topological polar surface area (TPSA) is 114 Å². The van der Waals surface area contributed by atoms with E-state index in [0.29, 0.717) is 23.9 Å². The summed E-state index contributed by atoms with van der Waals surface area (Å²) in [6, 6.07) is -0.916. The van der Waals surface area contributed by atoms with Crippen LogP contribution in [0.4, 0.5) is 0 Å². The van der Waals surface area contributed by atoms with E-state index in [2.05, 4.69) is 111 Å². The lowest BCUT2D eigenvalue weighted by Gasteiger charge is -2.30. The normalized spacial score (nSPS) is 14.2. The van der Waals surface area contributed by atoms with Crippen LogP contribution in [0.1, 0.15) is 297 Å². The zero-order valence-electron chi connectivity index (χ0n) is 54.2. The predicted octanol–water partition coefficient (Wildman–Crippen LogP) is 20.9. The monoisotopic (exact) mass is 1160 g/mol. The molecule has 0 heterocycles. The van der Waals surface area contributed by atoms with Crippen LogP contribution in [0.15, 0.2) is 97.2 Å². The van der Waals surface area contributed by atoms with Gasteiger partial charge >= 0.3 is 5.97 Å². The summed E-state index contributed by atoms with van der Waals surface area (Å²) in [6.07, 6.45) is 82.5. The molecule has 0 aromatic rings. The third-order valence-electron chi connectivity index (χ3n) is 14.7. The van der Waals surface area contributed by atoms with E-state index in [9.17, 15) is 19.0 Å². The molecule has 82 heavy (non-hydrogen) atoms. The summed E-state index contributed by atoms with van der Waals surface area (Å²) >= 11 is 0. The summed E-state index contributed by atoms with van der Waals surface area (Å²) in [5.41, 5.74) is 0. The van der Waals surface area contributed by atoms with Gasteiger partial charge in [-0.05, 0) is 109 Å². The molecule has 0 rings (SSSR count). The molecule has 1 N–H and O–H groups in total. The SMILES string of the molecule is CCCCC/C=C\C/C=C\C/C=C\C/C=C\CCCC(=O)OC(/C=C\CCCCCCCCCCCC)C(COP(=O)([O-])OCC[N+](C)(C)C)NC(=O)CCCCCCCCCCCCCCCC/C=C\C/C=C\C/C=C\CCCCC. The highest BCUT2D eigenvalue weighted by molar-refractivity contribution is 7.45. The maximum absolute atomic E-state index is 13.6. The fraction of sp³-hybridized carbons (Fsp3) is 0.750. The lowest BCUT2D eigenvalue weighted by Crippen LogP contribution is -2.47. The van der Waals surface area contributed by atoms with Gasteiger partial charge in [-0.15, -0.1) is 0 Å². The van der Waals surface area contributed by atoms with Crippen LogP contribution in [0.2, 0.25) is 0 Å². The highest BCUT2D eigenvalue weighted by atomic mass is 31.2. The molecule has 3 atom stereocenters. The van der Waals surface area contributed by atoms with Crippen LogP contribution in [0, 0.1) is 0 Å². The Morgan fingerprint density at radius 2 is 0.756 bits per heavy atom. The fourth-order valence-electron chi connectivity index (χ4n) is 9.46. The van der Waals surface area contributed by atoms with Crippen LogP contribution in [0.25, 0.3) is 0 Å². The van der Waals surface area contributed by atoms with Gasteiger partial charge in [-0.3, -0.25) is 14.2 Å². The molecule has 0 spiro atoms. The number of quaternary nitrogens is 1. The number of allylic oxidation sites excluding steroid dienone is 15. The molecular formula is C72H129N2O7P. The number of phosphoric ester groups is 1. The summed E-state index contributed by atoms with van der Waals surface area (Å²) in [7, 11) is 1.15. The van der Waals surface area contributed by atoms with Crippen molar-refractivity contribution in [1.82, 2.24) is 5.32 Å². The maximum atomic E-state index is 13.6. The molecule has 9 nitrogen and oxygen atoms in total. The first-order valence-electron chi connectivity index (χ1n) is 34.0. The van der Waals surface area contributed by atoms with Gasteiger partial charge in [-0.2, -0.15) is 0 Å². The van der Waals surface area contributed by atoms with Gasteiger partial charge in [0.05, 0.1) is 33.8 Å². The summed E-state index contributed by atoms with van der Waals surface area (Å²) in [4.78, 5) is 40.1. The number of esters is 1. The number of carbonyl (C=O) groups excluding carboxylic acids is 2. The Morgan fingerprint density at radius 1 is 0.427 bits per heavy atom. The third-order valence-corrected chi connectivity index (χ3v) is 15.7. The molecule has 0 aliphatic carbocycles. The van der Waals surface area contributed by atoms with Crippen LogP contribution in [-0.2, 0) is 27.9 Å². The van der Waals surface area contributed by atoms with Gasteiger partial charge in [0.1, 0.15) is 19.3 Å². The number of hydrogen-bond acceptors (Lipinski definition) is 7. The van der Waals surface area contributed by atoms with E-state index in [0.717, 1.165) is 83.5 Å². The number of ether oxygens (including phenoxy) is 1. The second-order valence-electron chi connectivity index (χ2n) is 24.0. The van der Waals surface area contributed by atoms with E-state index in [-0.39, 0.29) is 18.9 Å². The highest BCUT2D eigenvalue weighted by Crippen LogP contribution is 2.38. The van der Waals surface area contributed by atoms with Crippen molar-refractivity contribution in [3.63, 3.8) is 0 Å². The van der Waals surface area contributed by atoms with Gasteiger partial charge in [-0.25, -0.2) is 0 Å². The van der Waals surface area contributed by atoms with Gasteiger partial charge in [-0.1, -0.05) is 272 Å². The fourth-order valence-corrected chi connectivity index (χ4v) is 10.2.